The first-order valence-electron chi connectivity index (χ1n) is 6.59. The van der Waals surface area contributed by atoms with E-state index in [1.807, 2.05) is 0 Å². The molecule has 15 heavy (non-hydrogen) atoms. The largest absolute Gasteiger partial charge is 0.314 e. The fourth-order valence-corrected chi connectivity index (χ4v) is 3.11. The molecule has 0 radical (unpaired) electrons. The van der Waals surface area contributed by atoms with Crippen LogP contribution in [0.3, 0.4) is 0 Å². The van der Waals surface area contributed by atoms with Crippen LogP contribution in [0.1, 0.15) is 46.5 Å². The third-order valence-corrected chi connectivity index (χ3v) is 4.12. The summed E-state index contributed by atoms with van der Waals surface area (Å²) in [4.78, 5) is 2.78. The summed E-state index contributed by atoms with van der Waals surface area (Å²) in [6.45, 7) is 10.9. The Morgan fingerprint density at radius 1 is 1.27 bits per heavy atom. The summed E-state index contributed by atoms with van der Waals surface area (Å²) in [7, 11) is 0. The van der Waals surface area contributed by atoms with Crippen molar-refractivity contribution in [2.24, 2.45) is 5.41 Å². The molecule has 0 bridgehead atoms. The van der Waals surface area contributed by atoms with Crippen molar-refractivity contribution in [1.29, 1.82) is 0 Å². The lowest BCUT2D eigenvalue weighted by atomic mass is 9.91. The van der Waals surface area contributed by atoms with Crippen molar-refractivity contribution in [3.05, 3.63) is 0 Å². The van der Waals surface area contributed by atoms with Crippen LogP contribution < -0.4 is 5.32 Å². The van der Waals surface area contributed by atoms with Gasteiger partial charge in [-0.1, -0.05) is 20.8 Å². The van der Waals surface area contributed by atoms with Crippen LogP contribution in [0.5, 0.6) is 0 Å². The van der Waals surface area contributed by atoms with E-state index in [-0.39, 0.29) is 0 Å². The molecule has 1 aliphatic carbocycles. The van der Waals surface area contributed by atoms with Crippen LogP contribution in [0.2, 0.25) is 0 Å². The second-order valence-corrected chi connectivity index (χ2v) is 6.11. The highest BCUT2D eigenvalue weighted by Gasteiger charge is 2.37. The summed E-state index contributed by atoms with van der Waals surface area (Å²) in [6.07, 6.45) is 5.54. The quantitative estimate of drug-likeness (QED) is 0.765. The van der Waals surface area contributed by atoms with E-state index in [1.54, 1.807) is 0 Å². The lowest BCUT2D eigenvalue weighted by Gasteiger charge is -2.42. The summed E-state index contributed by atoms with van der Waals surface area (Å²) in [6, 6.07) is 1.70. The summed E-state index contributed by atoms with van der Waals surface area (Å²) >= 11 is 0. The van der Waals surface area contributed by atoms with E-state index in [9.17, 15) is 0 Å². The monoisotopic (exact) mass is 210 g/mol. The molecule has 0 aromatic rings. The summed E-state index contributed by atoms with van der Waals surface area (Å²) in [5.74, 6) is 0. The summed E-state index contributed by atoms with van der Waals surface area (Å²) in [5, 5.41) is 3.40. The number of hydrogen-bond acceptors (Lipinski definition) is 2. The summed E-state index contributed by atoms with van der Waals surface area (Å²) in [5.41, 5.74) is 0.591. The van der Waals surface area contributed by atoms with Crippen LogP contribution in [-0.2, 0) is 0 Å². The maximum Gasteiger partial charge on any atom is 0.0348 e. The van der Waals surface area contributed by atoms with Gasteiger partial charge in [0.05, 0.1) is 0 Å². The van der Waals surface area contributed by atoms with Crippen LogP contribution in [0.15, 0.2) is 0 Å². The minimum absolute atomic E-state index is 0.591. The Labute approximate surface area is 94.4 Å². The van der Waals surface area contributed by atoms with Gasteiger partial charge in [-0.25, -0.2) is 0 Å². The van der Waals surface area contributed by atoms with Crippen LogP contribution in [-0.4, -0.2) is 36.6 Å². The average molecular weight is 210 g/mol. The Kier molecular flexibility index (Phi) is 3.36. The third kappa shape index (κ3) is 2.54. The van der Waals surface area contributed by atoms with Crippen molar-refractivity contribution < 1.29 is 0 Å². The van der Waals surface area contributed by atoms with Crippen molar-refractivity contribution in [2.75, 3.05) is 19.6 Å². The fraction of sp³-hybridized carbons (Fsp3) is 1.00. The zero-order valence-corrected chi connectivity index (χ0v) is 10.6. The molecule has 1 aliphatic heterocycles. The SMILES string of the molecule is CCCN(C1CNC1)C1CCC(C)(C)C1. The Morgan fingerprint density at radius 2 is 2.00 bits per heavy atom. The van der Waals surface area contributed by atoms with E-state index in [1.165, 1.54) is 45.3 Å². The number of nitrogens with zero attached hydrogens (tertiary/aromatic N) is 1. The van der Waals surface area contributed by atoms with Gasteiger partial charge >= 0.3 is 0 Å². The fourth-order valence-electron chi connectivity index (χ4n) is 3.11. The molecule has 1 atom stereocenters. The highest BCUT2D eigenvalue weighted by Crippen LogP contribution is 2.40. The lowest BCUT2D eigenvalue weighted by Crippen LogP contribution is -2.59. The lowest BCUT2D eigenvalue weighted by molar-refractivity contribution is 0.0914. The highest BCUT2D eigenvalue weighted by molar-refractivity contribution is 4.94. The maximum atomic E-state index is 3.40. The second-order valence-electron chi connectivity index (χ2n) is 6.11. The van der Waals surface area contributed by atoms with Gasteiger partial charge in [0.1, 0.15) is 0 Å². The zero-order chi connectivity index (χ0) is 10.9. The molecular formula is C13H26N2. The number of hydrogen-bond donors (Lipinski definition) is 1. The van der Waals surface area contributed by atoms with Gasteiger partial charge in [-0.05, 0) is 37.6 Å². The average Bonchev–Trinajstić information content (AvgIpc) is 2.42. The molecule has 2 fully saturated rings. The summed E-state index contributed by atoms with van der Waals surface area (Å²) < 4.78 is 0. The van der Waals surface area contributed by atoms with Crippen molar-refractivity contribution in [1.82, 2.24) is 10.2 Å². The maximum absolute atomic E-state index is 3.40. The normalized spacial score (nSPS) is 30.8. The first-order valence-corrected chi connectivity index (χ1v) is 6.59. The minimum Gasteiger partial charge on any atom is -0.314 e. The molecule has 2 rings (SSSR count). The molecule has 0 aromatic carbocycles. The molecule has 88 valence electrons. The predicted molar refractivity (Wildman–Crippen MR) is 65.1 cm³/mol. The number of nitrogens with one attached hydrogen (secondary N) is 1. The third-order valence-electron chi connectivity index (χ3n) is 4.12. The van der Waals surface area contributed by atoms with Crippen molar-refractivity contribution in [3.63, 3.8) is 0 Å². The van der Waals surface area contributed by atoms with Crippen LogP contribution in [0.25, 0.3) is 0 Å². The standard InChI is InChI=1S/C13H26N2/c1-4-7-15(12-9-14-10-12)11-5-6-13(2,3)8-11/h11-12,14H,4-10H2,1-3H3. The topological polar surface area (TPSA) is 15.3 Å². The molecule has 1 saturated heterocycles. The first-order chi connectivity index (χ1) is 7.12. The van der Waals surface area contributed by atoms with Gasteiger partial charge in [-0.2, -0.15) is 0 Å². The zero-order valence-electron chi connectivity index (χ0n) is 10.6. The Hall–Kier alpha value is -0.0800. The van der Waals surface area contributed by atoms with Gasteiger partial charge < -0.3 is 5.32 Å². The molecule has 2 aliphatic rings. The molecule has 2 heteroatoms. The Morgan fingerprint density at radius 3 is 2.40 bits per heavy atom. The van der Waals surface area contributed by atoms with E-state index < -0.39 is 0 Å². The van der Waals surface area contributed by atoms with E-state index in [0.29, 0.717) is 5.41 Å². The molecule has 0 aromatic heterocycles. The molecule has 0 spiro atoms. The van der Waals surface area contributed by atoms with Gasteiger partial charge in [0.2, 0.25) is 0 Å². The minimum atomic E-state index is 0.591. The van der Waals surface area contributed by atoms with E-state index in [0.717, 1.165) is 12.1 Å². The van der Waals surface area contributed by atoms with Gasteiger partial charge in [0, 0.05) is 25.2 Å². The van der Waals surface area contributed by atoms with E-state index >= 15 is 0 Å². The van der Waals surface area contributed by atoms with Crippen LogP contribution >= 0.6 is 0 Å². The van der Waals surface area contributed by atoms with Crippen molar-refractivity contribution >= 4 is 0 Å². The van der Waals surface area contributed by atoms with E-state index in [4.69, 9.17) is 0 Å². The van der Waals surface area contributed by atoms with E-state index in [2.05, 4.69) is 31.0 Å². The number of rotatable bonds is 4. The molecule has 2 nitrogen and oxygen atoms in total. The highest BCUT2D eigenvalue weighted by atomic mass is 15.3. The molecule has 1 heterocycles. The molecule has 1 unspecified atom stereocenters. The molecular weight excluding hydrogens is 184 g/mol. The Bertz CT molecular complexity index is 209. The van der Waals surface area contributed by atoms with Gasteiger partial charge in [0.25, 0.3) is 0 Å². The van der Waals surface area contributed by atoms with Gasteiger partial charge in [0.15, 0.2) is 0 Å². The smallest absolute Gasteiger partial charge is 0.0348 e. The van der Waals surface area contributed by atoms with Crippen LogP contribution in [0, 0.1) is 5.41 Å². The predicted octanol–water partition coefficient (Wildman–Crippen LogP) is 2.25. The molecule has 1 saturated carbocycles. The van der Waals surface area contributed by atoms with Crippen LogP contribution in [0.4, 0.5) is 0 Å². The van der Waals surface area contributed by atoms with Crippen molar-refractivity contribution in [2.45, 2.75) is 58.5 Å². The molecule has 1 N–H and O–H groups in total. The van der Waals surface area contributed by atoms with Gasteiger partial charge in [-0.3, -0.25) is 4.90 Å². The van der Waals surface area contributed by atoms with Crippen molar-refractivity contribution in [3.8, 4) is 0 Å². The van der Waals surface area contributed by atoms with Gasteiger partial charge in [-0.15, -0.1) is 0 Å². The Balaban J connectivity index is 1.93. The second kappa shape index (κ2) is 4.42. The first kappa shape index (κ1) is 11.4. The molecule has 0 amide bonds.